The van der Waals surface area contributed by atoms with Crippen molar-refractivity contribution in [2.45, 2.75) is 6.54 Å². The van der Waals surface area contributed by atoms with Gasteiger partial charge in [-0.15, -0.1) is 0 Å². The van der Waals surface area contributed by atoms with Crippen LogP contribution in [-0.2, 0) is 6.54 Å². The number of nitrogens with one attached hydrogen (secondary N) is 2. The number of rotatable bonds is 7. The molecule has 0 spiro atoms. The van der Waals surface area contributed by atoms with Crippen molar-refractivity contribution in [1.82, 2.24) is 10.3 Å². The van der Waals surface area contributed by atoms with Crippen molar-refractivity contribution in [3.8, 4) is 11.5 Å². The predicted octanol–water partition coefficient (Wildman–Crippen LogP) is 5.14. The number of benzene rings is 2. The van der Waals surface area contributed by atoms with E-state index in [1.54, 1.807) is 36.7 Å². The van der Waals surface area contributed by atoms with Crippen LogP contribution < -0.4 is 15.4 Å². The van der Waals surface area contributed by atoms with Gasteiger partial charge in [-0.05, 0) is 48.5 Å². The molecule has 0 saturated carbocycles. The van der Waals surface area contributed by atoms with Gasteiger partial charge in [-0.2, -0.15) is 0 Å². The molecule has 2 heterocycles. The second-order valence-corrected chi connectivity index (χ2v) is 6.23. The monoisotopic (exact) mass is 385 g/mol. The second kappa shape index (κ2) is 8.75. The molecule has 0 bridgehead atoms. The maximum Gasteiger partial charge on any atom is 0.270 e. The number of nitrogens with zero attached hydrogens (tertiary/aromatic N) is 1. The molecule has 2 N–H and O–H groups in total. The number of hydrogen-bond acceptors (Lipinski definition) is 5. The molecule has 0 atom stereocenters. The summed E-state index contributed by atoms with van der Waals surface area (Å²) in [6.45, 7) is 0.304. The van der Waals surface area contributed by atoms with Crippen LogP contribution in [0.15, 0.2) is 95.7 Å². The lowest BCUT2D eigenvalue weighted by atomic mass is 10.2. The molecule has 2 aromatic carbocycles. The molecule has 0 fully saturated rings. The number of furan rings is 1. The Morgan fingerprint density at radius 3 is 2.62 bits per heavy atom. The summed E-state index contributed by atoms with van der Waals surface area (Å²) < 4.78 is 11.2. The molecule has 0 radical (unpaired) electrons. The number of ether oxygens (including phenoxy) is 1. The summed E-state index contributed by atoms with van der Waals surface area (Å²) in [4.78, 5) is 16.5. The average Bonchev–Trinajstić information content (AvgIpc) is 3.28. The molecule has 4 rings (SSSR count). The van der Waals surface area contributed by atoms with E-state index in [0.717, 1.165) is 17.1 Å². The zero-order valence-electron chi connectivity index (χ0n) is 15.5. The Bertz CT molecular complexity index is 1080. The van der Waals surface area contributed by atoms with Crippen LogP contribution in [0.1, 0.15) is 16.2 Å². The smallest absolute Gasteiger partial charge is 0.270 e. The van der Waals surface area contributed by atoms with Crippen molar-refractivity contribution in [3.05, 3.63) is 103 Å². The first-order valence-corrected chi connectivity index (χ1v) is 9.13. The summed E-state index contributed by atoms with van der Waals surface area (Å²) >= 11 is 0. The maximum absolute atomic E-state index is 12.4. The third-order valence-electron chi connectivity index (χ3n) is 4.13. The fourth-order valence-corrected chi connectivity index (χ4v) is 2.73. The van der Waals surface area contributed by atoms with Crippen molar-refractivity contribution in [1.29, 1.82) is 0 Å². The second-order valence-electron chi connectivity index (χ2n) is 6.23. The van der Waals surface area contributed by atoms with Crippen molar-refractivity contribution in [2.75, 3.05) is 5.32 Å². The standard InChI is InChI=1S/C23H19N3O3/c27-23(25-16-19-9-6-14-28-19)21-15-17(12-13-24-21)26-20-10-4-5-11-22(20)29-18-7-2-1-3-8-18/h1-15H,16H2,(H,24,26)(H,25,27). The Morgan fingerprint density at radius 1 is 0.966 bits per heavy atom. The Morgan fingerprint density at radius 2 is 1.79 bits per heavy atom. The molecule has 1 amide bonds. The summed E-state index contributed by atoms with van der Waals surface area (Å²) in [7, 11) is 0. The minimum atomic E-state index is -0.279. The van der Waals surface area contributed by atoms with Gasteiger partial charge in [0, 0.05) is 11.9 Å². The molecule has 0 saturated heterocycles. The summed E-state index contributed by atoms with van der Waals surface area (Å²) in [5.41, 5.74) is 1.82. The Kier molecular flexibility index (Phi) is 5.53. The number of carbonyl (C=O) groups excluding carboxylic acids is 1. The first-order chi connectivity index (χ1) is 14.3. The number of aromatic nitrogens is 1. The van der Waals surface area contributed by atoms with E-state index >= 15 is 0 Å². The fraction of sp³-hybridized carbons (Fsp3) is 0.0435. The van der Waals surface area contributed by atoms with Crippen LogP contribution in [0.5, 0.6) is 11.5 Å². The van der Waals surface area contributed by atoms with Gasteiger partial charge in [0.2, 0.25) is 0 Å². The molecule has 6 heteroatoms. The SMILES string of the molecule is O=C(NCc1ccco1)c1cc(Nc2ccccc2Oc2ccccc2)ccn1. The van der Waals surface area contributed by atoms with Gasteiger partial charge in [0.05, 0.1) is 18.5 Å². The van der Waals surface area contributed by atoms with Crippen molar-refractivity contribution in [2.24, 2.45) is 0 Å². The van der Waals surface area contributed by atoms with E-state index in [0.29, 0.717) is 23.7 Å². The van der Waals surface area contributed by atoms with E-state index < -0.39 is 0 Å². The fourth-order valence-electron chi connectivity index (χ4n) is 2.73. The number of para-hydroxylation sites is 3. The lowest BCUT2D eigenvalue weighted by molar-refractivity contribution is 0.0943. The summed E-state index contributed by atoms with van der Waals surface area (Å²) in [6.07, 6.45) is 3.16. The van der Waals surface area contributed by atoms with Crippen LogP contribution in [0.25, 0.3) is 0 Å². The van der Waals surface area contributed by atoms with Crippen molar-refractivity contribution < 1.29 is 13.9 Å². The molecular formula is C23H19N3O3. The van der Waals surface area contributed by atoms with Gasteiger partial charge in [-0.3, -0.25) is 9.78 Å². The molecule has 2 aromatic heterocycles. The van der Waals surface area contributed by atoms with E-state index in [4.69, 9.17) is 9.15 Å². The van der Waals surface area contributed by atoms with Gasteiger partial charge >= 0.3 is 0 Å². The lowest BCUT2D eigenvalue weighted by Crippen LogP contribution is -2.23. The van der Waals surface area contributed by atoms with Crippen LogP contribution in [0.2, 0.25) is 0 Å². The van der Waals surface area contributed by atoms with Gasteiger partial charge in [0.1, 0.15) is 17.2 Å². The molecular weight excluding hydrogens is 366 g/mol. The predicted molar refractivity (Wildman–Crippen MR) is 110 cm³/mol. The maximum atomic E-state index is 12.4. The summed E-state index contributed by atoms with van der Waals surface area (Å²) in [5, 5.41) is 6.08. The van der Waals surface area contributed by atoms with Crippen LogP contribution >= 0.6 is 0 Å². The number of anilines is 2. The van der Waals surface area contributed by atoms with E-state index in [-0.39, 0.29) is 5.91 Å². The molecule has 0 unspecified atom stereocenters. The van der Waals surface area contributed by atoms with Crippen LogP contribution in [0, 0.1) is 0 Å². The molecule has 29 heavy (non-hydrogen) atoms. The van der Waals surface area contributed by atoms with E-state index in [2.05, 4.69) is 15.6 Å². The third kappa shape index (κ3) is 4.81. The highest BCUT2D eigenvalue weighted by Crippen LogP contribution is 2.31. The first kappa shape index (κ1) is 18.3. The van der Waals surface area contributed by atoms with Gasteiger partial charge in [-0.1, -0.05) is 30.3 Å². The first-order valence-electron chi connectivity index (χ1n) is 9.13. The molecule has 0 aliphatic rings. The molecule has 0 aliphatic heterocycles. The summed E-state index contributed by atoms with van der Waals surface area (Å²) in [6, 6.07) is 24.2. The van der Waals surface area contributed by atoms with Crippen LogP contribution in [0.3, 0.4) is 0 Å². The van der Waals surface area contributed by atoms with Gasteiger partial charge in [-0.25, -0.2) is 0 Å². The Labute approximate surface area is 168 Å². The minimum absolute atomic E-state index is 0.279. The molecule has 4 aromatic rings. The van der Waals surface area contributed by atoms with Crippen LogP contribution in [0.4, 0.5) is 11.4 Å². The van der Waals surface area contributed by atoms with Crippen molar-refractivity contribution >= 4 is 17.3 Å². The largest absolute Gasteiger partial charge is 0.467 e. The average molecular weight is 385 g/mol. The zero-order valence-corrected chi connectivity index (χ0v) is 15.5. The highest BCUT2D eigenvalue weighted by molar-refractivity contribution is 5.93. The minimum Gasteiger partial charge on any atom is -0.467 e. The Hall–Kier alpha value is -4.06. The number of carbonyl (C=O) groups is 1. The quantitative estimate of drug-likeness (QED) is 0.461. The number of amides is 1. The highest BCUT2D eigenvalue weighted by Gasteiger charge is 2.10. The Balaban J connectivity index is 1.47. The normalized spacial score (nSPS) is 10.3. The zero-order chi connectivity index (χ0) is 19.9. The van der Waals surface area contributed by atoms with Gasteiger partial charge in [0.15, 0.2) is 5.75 Å². The number of hydrogen-bond donors (Lipinski definition) is 2. The van der Waals surface area contributed by atoms with Crippen molar-refractivity contribution in [3.63, 3.8) is 0 Å². The third-order valence-corrected chi connectivity index (χ3v) is 4.13. The van der Waals surface area contributed by atoms with E-state index in [1.165, 1.54) is 0 Å². The highest BCUT2D eigenvalue weighted by atomic mass is 16.5. The van der Waals surface area contributed by atoms with Crippen LogP contribution in [-0.4, -0.2) is 10.9 Å². The lowest BCUT2D eigenvalue weighted by Gasteiger charge is -2.13. The van der Waals surface area contributed by atoms with E-state index in [1.807, 2.05) is 54.6 Å². The summed E-state index contributed by atoms with van der Waals surface area (Å²) in [5.74, 6) is 1.83. The molecule has 6 nitrogen and oxygen atoms in total. The van der Waals surface area contributed by atoms with E-state index in [9.17, 15) is 4.79 Å². The van der Waals surface area contributed by atoms with Gasteiger partial charge in [0.25, 0.3) is 5.91 Å². The molecule has 0 aliphatic carbocycles. The number of pyridine rings is 1. The van der Waals surface area contributed by atoms with Gasteiger partial charge < -0.3 is 19.8 Å². The molecule has 144 valence electrons. The topological polar surface area (TPSA) is 76.4 Å².